The zero-order valence-electron chi connectivity index (χ0n) is 15.9. The largest absolute Gasteiger partial charge is 0.506 e. The van der Waals surface area contributed by atoms with Crippen LogP contribution in [0.5, 0.6) is 5.75 Å². The molecule has 0 unspecified atom stereocenters. The number of thiophene rings is 1. The summed E-state index contributed by atoms with van der Waals surface area (Å²) in [5, 5.41) is 25.5. The smallest absolute Gasteiger partial charge is 0.238 e. The SMILES string of the molecule is CC(=NNC(=S)Nc1cccc(S(N)(=O)=O)c1)c1csc(-c2ccc(Cl)c(Cl)c2)c1O. The fraction of sp³-hybridized carbons (Fsp3) is 0.0526. The lowest BCUT2D eigenvalue weighted by Crippen LogP contribution is -2.25. The average molecular weight is 515 g/mol. The molecule has 5 N–H and O–H groups in total. The maximum absolute atomic E-state index is 11.5. The molecule has 31 heavy (non-hydrogen) atoms. The molecule has 0 saturated carbocycles. The maximum atomic E-state index is 11.5. The Labute approximate surface area is 198 Å². The maximum Gasteiger partial charge on any atom is 0.238 e. The van der Waals surface area contributed by atoms with Crippen molar-refractivity contribution in [1.29, 1.82) is 0 Å². The molecule has 0 spiro atoms. The van der Waals surface area contributed by atoms with Gasteiger partial charge < -0.3 is 10.4 Å². The van der Waals surface area contributed by atoms with Crippen LogP contribution in [0.4, 0.5) is 5.69 Å². The molecule has 0 bridgehead atoms. The molecule has 1 heterocycles. The van der Waals surface area contributed by atoms with Gasteiger partial charge >= 0.3 is 0 Å². The number of anilines is 1. The van der Waals surface area contributed by atoms with Crippen LogP contribution in [0.15, 0.2) is 57.8 Å². The number of thiocarbonyl (C=S) groups is 1. The summed E-state index contributed by atoms with van der Waals surface area (Å²) in [6.07, 6.45) is 0. The summed E-state index contributed by atoms with van der Waals surface area (Å²) < 4.78 is 22.9. The minimum atomic E-state index is -3.83. The van der Waals surface area contributed by atoms with Crippen molar-refractivity contribution in [3.05, 3.63) is 63.5 Å². The minimum absolute atomic E-state index is 0.0435. The van der Waals surface area contributed by atoms with Crippen molar-refractivity contribution < 1.29 is 13.5 Å². The zero-order chi connectivity index (χ0) is 22.8. The molecule has 2 aromatic carbocycles. The summed E-state index contributed by atoms with van der Waals surface area (Å²) in [4.78, 5) is 0.585. The number of hydrogen-bond acceptors (Lipinski definition) is 6. The molecule has 0 saturated heterocycles. The zero-order valence-corrected chi connectivity index (χ0v) is 19.8. The van der Waals surface area contributed by atoms with Gasteiger partial charge in [0.05, 0.1) is 31.1 Å². The molecule has 0 aliphatic heterocycles. The third-order valence-corrected chi connectivity index (χ3v) is 6.94. The van der Waals surface area contributed by atoms with E-state index in [1.165, 1.54) is 29.5 Å². The molecule has 162 valence electrons. The number of nitrogens with one attached hydrogen (secondary N) is 2. The first-order valence-corrected chi connectivity index (χ1v) is 12.2. The van der Waals surface area contributed by atoms with Gasteiger partial charge in [0.25, 0.3) is 0 Å². The summed E-state index contributed by atoms with van der Waals surface area (Å²) in [5.41, 5.74) is 4.84. The van der Waals surface area contributed by atoms with Gasteiger partial charge in [-0.25, -0.2) is 13.6 Å². The molecule has 3 aromatic rings. The highest BCUT2D eigenvalue weighted by molar-refractivity contribution is 7.89. The van der Waals surface area contributed by atoms with E-state index >= 15 is 0 Å². The molecular formula is C19H16Cl2N4O3S3. The van der Waals surface area contributed by atoms with E-state index in [0.717, 1.165) is 5.56 Å². The van der Waals surface area contributed by atoms with Gasteiger partial charge in [-0.15, -0.1) is 11.3 Å². The van der Waals surface area contributed by atoms with E-state index in [9.17, 15) is 13.5 Å². The molecule has 0 aliphatic carbocycles. The summed E-state index contributed by atoms with van der Waals surface area (Å²) in [7, 11) is -3.83. The topological polar surface area (TPSA) is 117 Å². The van der Waals surface area contributed by atoms with Crippen LogP contribution in [0.2, 0.25) is 10.0 Å². The number of hydrazone groups is 1. The van der Waals surface area contributed by atoms with Crippen LogP contribution in [0.25, 0.3) is 10.4 Å². The molecule has 7 nitrogen and oxygen atoms in total. The van der Waals surface area contributed by atoms with Crippen LogP contribution < -0.4 is 15.9 Å². The lowest BCUT2D eigenvalue weighted by Gasteiger charge is -2.09. The lowest BCUT2D eigenvalue weighted by molar-refractivity contribution is 0.478. The molecule has 1 aromatic heterocycles. The van der Waals surface area contributed by atoms with Crippen molar-refractivity contribution in [3.8, 4) is 16.2 Å². The number of benzene rings is 2. The van der Waals surface area contributed by atoms with E-state index in [-0.39, 0.29) is 15.8 Å². The highest BCUT2D eigenvalue weighted by atomic mass is 35.5. The van der Waals surface area contributed by atoms with E-state index in [1.54, 1.807) is 36.6 Å². The third-order valence-electron chi connectivity index (χ3n) is 4.08. The van der Waals surface area contributed by atoms with Crippen molar-refractivity contribution >= 4 is 73.3 Å². The number of nitrogens with zero attached hydrogens (tertiary/aromatic N) is 1. The van der Waals surface area contributed by atoms with E-state index in [0.29, 0.717) is 31.9 Å². The van der Waals surface area contributed by atoms with Crippen molar-refractivity contribution in [2.75, 3.05) is 5.32 Å². The number of aromatic hydroxyl groups is 1. The van der Waals surface area contributed by atoms with E-state index in [2.05, 4.69) is 15.8 Å². The second-order valence-electron chi connectivity index (χ2n) is 6.29. The van der Waals surface area contributed by atoms with Gasteiger partial charge in [-0.3, -0.25) is 5.43 Å². The fourth-order valence-electron chi connectivity index (χ4n) is 2.56. The van der Waals surface area contributed by atoms with Crippen LogP contribution in [0.3, 0.4) is 0 Å². The monoisotopic (exact) mass is 514 g/mol. The molecule has 3 rings (SSSR count). The van der Waals surface area contributed by atoms with Gasteiger partial charge in [0.2, 0.25) is 10.0 Å². The molecule has 0 radical (unpaired) electrons. The average Bonchev–Trinajstić information content (AvgIpc) is 3.09. The van der Waals surface area contributed by atoms with Gasteiger partial charge in [-0.1, -0.05) is 35.3 Å². The van der Waals surface area contributed by atoms with E-state index in [4.69, 9.17) is 40.6 Å². The first kappa shape index (κ1) is 23.5. The third kappa shape index (κ3) is 5.73. The van der Waals surface area contributed by atoms with E-state index < -0.39 is 10.0 Å². The molecular weight excluding hydrogens is 499 g/mol. The second-order valence-corrected chi connectivity index (χ2v) is 9.96. The molecule has 0 aliphatic rings. The lowest BCUT2D eigenvalue weighted by atomic mass is 10.1. The van der Waals surface area contributed by atoms with Gasteiger partial charge in [-0.2, -0.15) is 5.10 Å². The summed E-state index contributed by atoms with van der Waals surface area (Å²) >= 11 is 18.5. The fourth-order valence-corrected chi connectivity index (χ4v) is 4.58. The van der Waals surface area contributed by atoms with Crippen LogP contribution >= 0.6 is 46.8 Å². The predicted octanol–water partition coefficient (Wildman–Crippen LogP) is 4.79. The Morgan fingerprint density at radius 1 is 1.19 bits per heavy atom. The van der Waals surface area contributed by atoms with Gasteiger partial charge in [0.15, 0.2) is 5.11 Å². The Morgan fingerprint density at radius 2 is 1.94 bits per heavy atom. The Balaban J connectivity index is 1.73. The Morgan fingerprint density at radius 3 is 2.61 bits per heavy atom. The molecule has 0 amide bonds. The van der Waals surface area contributed by atoms with Crippen LogP contribution in [-0.4, -0.2) is 24.3 Å². The number of nitrogens with two attached hydrogens (primary N) is 1. The number of rotatable bonds is 5. The van der Waals surface area contributed by atoms with Crippen LogP contribution in [0.1, 0.15) is 12.5 Å². The normalized spacial score (nSPS) is 11.9. The first-order chi connectivity index (χ1) is 14.6. The Kier molecular flexibility index (Phi) is 7.20. The quantitative estimate of drug-likeness (QED) is 0.221. The highest BCUT2D eigenvalue weighted by Crippen LogP contribution is 2.40. The first-order valence-electron chi connectivity index (χ1n) is 8.56. The predicted molar refractivity (Wildman–Crippen MR) is 131 cm³/mol. The highest BCUT2D eigenvalue weighted by Gasteiger charge is 2.16. The number of primary sulfonamides is 1. The molecule has 0 atom stereocenters. The van der Waals surface area contributed by atoms with Crippen molar-refractivity contribution in [3.63, 3.8) is 0 Å². The molecule has 12 heteroatoms. The van der Waals surface area contributed by atoms with Gasteiger partial charge in [0, 0.05) is 11.1 Å². The number of sulfonamides is 1. The van der Waals surface area contributed by atoms with Crippen molar-refractivity contribution in [2.24, 2.45) is 10.2 Å². The van der Waals surface area contributed by atoms with E-state index in [1.807, 2.05) is 0 Å². The van der Waals surface area contributed by atoms with Gasteiger partial charge in [-0.05, 0) is 55.0 Å². The summed E-state index contributed by atoms with van der Waals surface area (Å²) in [6.45, 7) is 1.71. The van der Waals surface area contributed by atoms with Crippen molar-refractivity contribution in [1.82, 2.24) is 5.43 Å². The number of halogens is 2. The summed E-state index contributed by atoms with van der Waals surface area (Å²) in [6, 6.07) is 11.0. The Hall–Kier alpha value is -2.21. The number of hydrogen-bond donors (Lipinski definition) is 4. The van der Waals surface area contributed by atoms with Crippen LogP contribution in [0, 0.1) is 0 Å². The van der Waals surface area contributed by atoms with Crippen molar-refractivity contribution in [2.45, 2.75) is 11.8 Å². The van der Waals surface area contributed by atoms with Gasteiger partial charge in [0.1, 0.15) is 5.75 Å². The Bertz CT molecular complexity index is 1290. The van der Waals surface area contributed by atoms with Crippen LogP contribution in [-0.2, 0) is 10.0 Å². The second kappa shape index (κ2) is 9.51. The standard InChI is InChI=1S/C19H16Cl2N4O3S3/c1-10(14-9-30-18(17(14)26)11-5-6-15(20)16(21)7-11)24-25-19(29)23-12-3-2-4-13(8-12)31(22,27)28/h2-9,26H,1H3,(H2,22,27,28)(H2,23,25,29). The minimum Gasteiger partial charge on any atom is -0.506 e. The summed E-state index contributed by atoms with van der Waals surface area (Å²) in [5.74, 6) is 0.0613. The molecule has 0 fully saturated rings.